The molecule has 0 spiro atoms. The average molecular weight is 303 g/mol. The topological polar surface area (TPSA) is 49.6 Å². The summed E-state index contributed by atoms with van der Waals surface area (Å²) in [4.78, 5) is 17.1. The lowest BCUT2D eigenvalue weighted by Gasteiger charge is -2.31. The monoisotopic (exact) mass is 303 g/mol. The number of nitrogens with zero attached hydrogens (tertiary/aromatic N) is 2. The van der Waals surface area contributed by atoms with Crippen molar-refractivity contribution in [3.63, 3.8) is 0 Å². The van der Waals surface area contributed by atoms with Gasteiger partial charge in [-0.05, 0) is 25.1 Å². The van der Waals surface area contributed by atoms with Crippen molar-refractivity contribution in [1.29, 1.82) is 0 Å². The van der Waals surface area contributed by atoms with Crippen LogP contribution in [0.3, 0.4) is 0 Å². The predicted octanol–water partition coefficient (Wildman–Crippen LogP) is 2.06. The number of likely N-dealkylation sites (N-methyl/N-ethyl adjacent to an activating group) is 1. The predicted molar refractivity (Wildman–Crippen MR) is 90.7 cm³/mol. The first-order valence-corrected chi connectivity index (χ1v) is 8.45. The lowest BCUT2D eigenvalue weighted by Crippen LogP contribution is -2.48. The van der Waals surface area contributed by atoms with Crippen LogP contribution in [0.25, 0.3) is 0 Å². The molecule has 2 rings (SSSR count). The van der Waals surface area contributed by atoms with Crippen LogP contribution in [-0.4, -0.2) is 54.0 Å². The summed E-state index contributed by atoms with van der Waals surface area (Å²) >= 11 is 0. The Balaban J connectivity index is 2.09. The van der Waals surface area contributed by atoms with E-state index in [0.29, 0.717) is 6.54 Å². The van der Waals surface area contributed by atoms with Crippen LogP contribution in [0.4, 0.5) is 0 Å². The van der Waals surface area contributed by atoms with Crippen molar-refractivity contribution in [1.82, 2.24) is 9.80 Å². The second-order valence-corrected chi connectivity index (χ2v) is 6.07. The lowest BCUT2D eigenvalue weighted by atomic mass is 9.95. The third kappa shape index (κ3) is 3.50. The summed E-state index contributed by atoms with van der Waals surface area (Å²) in [6.45, 7) is 9.53. The Kier molecular flexibility index (Phi) is 5.98. The largest absolute Gasteiger partial charge is 0.339 e. The molecule has 0 saturated carbocycles. The number of carbonyl (C=O) groups is 1. The molecule has 122 valence electrons. The molecule has 0 aliphatic carbocycles. The second-order valence-electron chi connectivity index (χ2n) is 6.07. The van der Waals surface area contributed by atoms with Crippen LogP contribution in [0.15, 0.2) is 30.3 Å². The van der Waals surface area contributed by atoms with Crippen LogP contribution >= 0.6 is 0 Å². The van der Waals surface area contributed by atoms with Crippen LogP contribution < -0.4 is 5.73 Å². The van der Waals surface area contributed by atoms with Crippen LogP contribution in [0, 0.1) is 0 Å². The van der Waals surface area contributed by atoms with E-state index in [2.05, 4.69) is 37.8 Å². The van der Waals surface area contributed by atoms with Crippen molar-refractivity contribution in [2.75, 3.05) is 26.2 Å². The van der Waals surface area contributed by atoms with Crippen LogP contribution in [0.2, 0.25) is 0 Å². The normalized spacial score (nSPS) is 23.0. The maximum Gasteiger partial charge on any atom is 0.239 e. The number of rotatable bonds is 6. The van der Waals surface area contributed by atoms with Gasteiger partial charge in [-0.1, -0.05) is 51.1 Å². The smallest absolute Gasteiger partial charge is 0.239 e. The van der Waals surface area contributed by atoms with E-state index >= 15 is 0 Å². The second kappa shape index (κ2) is 7.75. The van der Waals surface area contributed by atoms with Crippen molar-refractivity contribution < 1.29 is 4.79 Å². The van der Waals surface area contributed by atoms with Crippen molar-refractivity contribution in [2.45, 2.75) is 45.2 Å². The van der Waals surface area contributed by atoms with Gasteiger partial charge in [0.1, 0.15) is 0 Å². The Labute approximate surface area is 134 Å². The number of benzene rings is 1. The Bertz CT molecular complexity index is 472. The summed E-state index contributed by atoms with van der Waals surface area (Å²) in [5.74, 6) is 0.486. The number of nitrogens with two attached hydrogens (primary N) is 1. The molecule has 4 heteroatoms. The van der Waals surface area contributed by atoms with E-state index in [4.69, 9.17) is 5.73 Å². The molecule has 1 heterocycles. The van der Waals surface area contributed by atoms with Gasteiger partial charge in [0, 0.05) is 25.0 Å². The fourth-order valence-corrected chi connectivity index (χ4v) is 3.53. The van der Waals surface area contributed by atoms with E-state index in [9.17, 15) is 4.79 Å². The van der Waals surface area contributed by atoms with Crippen molar-refractivity contribution in [2.24, 2.45) is 5.73 Å². The average Bonchev–Trinajstić information content (AvgIpc) is 2.94. The third-order valence-corrected chi connectivity index (χ3v) is 4.83. The van der Waals surface area contributed by atoms with Crippen molar-refractivity contribution >= 4 is 5.91 Å². The molecule has 1 amide bonds. The van der Waals surface area contributed by atoms with Gasteiger partial charge in [-0.2, -0.15) is 0 Å². The van der Waals surface area contributed by atoms with Gasteiger partial charge in [0.2, 0.25) is 5.91 Å². The van der Waals surface area contributed by atoms with Crippen LogP contribution in [0.5, 0.6) is 0 Å². The number of likely N-dealkylation sites (tertiary alicyclic amines) is 1. The Hall–Kier alpha value is -1.39. The van der Waals surface area contributed by atoms with Gasteiger partial charge in [-0.15, -0.1) is 0 Å². The van der Waals surface area contributed by atoms with E-state index in [0.717, 1.165) is 26.1 Å². The van der Waals surface area contributed by atoms with E-state index in [-0.39, 0.29) is 23.9 Å². The summed E-state index contributed by atoms with van der Waals surface area (Å²) in [5, 5.41) is 0. The zero-order valence-electron chi connectivity index (χ0n) is 14.0. The first-order valence-electron chi connectivity index (χ1n) is 8.45. The van der Waals surface area contributed by atoms with E-state index in [1.54, 1.807) is 0 Å². The molecule has 1 aromatic rings. The quantitative estimate of drug-likeness (QED) is 0.875. The highest BCUT2D eigenvalue weighted by atomic mass is 16.2. The number of hydrogen-bond donors (Lipinski definition) is 1. The molecule has 22 heavy (non-hydrogen) atoms. The molecule has 3 atom stereocenters. The molecule has 0 bridgehead atoms. The van der Waals surface area contributed by atoms with E-state index < -0.39 is 0 Å². The molecular formula is C18H29N3O. The van der Waals surface area contributed by atoms with Gasteiger partial charge in [-0.3, -0.25) is 9.69 Å². The highest BCUT2D eigenvalue weighted by Crippen LogP contribution is 2.27. The molecular weight excluding hydrogens is 274 g/mol. The SMILES string of the molecule is CCC(C(=O)N1C[C@@H](N)[C@H](c2ccccc2)C1)N(CC)CC. The van der Waals surface area contributed by atoms with Gasteiger partial charge in [-0.25, -0.2) is 0 Å². The third-order valence-electron chi connectivity index (χ3n) is 4.83. The first-order chi connectivity index (χ1) is 10.6. The summed E-state index contributed by atoms with van der Waals surface area (Å²) in [5.41, 5.74) is 7.55. The summed E-state index contributed by atoms with van der Waals surface area (Å²) < 4.78 is 0. The molecule has 1 saturated heterocycles. The van der Waals surface area contributed by atoms with Gasteiger partial charge >= 0.3 is 0 Å². The molecule has 1 unspecified atom stereocenters. The van der Waals surface area contributed by atoms with Gasteiger partial charge in [0.25, 0.3) is 0 Å². The minimum atomic E-state index is -0.0169. The van der Waals surface area contributed by atoms with Gasteiger partial charge < -0.3 is 10.6 Å². The van der Waals surface area contributed by atoms with Crippen LogP contribution in [0.1, 0.15) is 38.7 Å². The summed E-state index contributed by atoms with van der Waals surface area (Å²) in [6, 6.07) is 10.3. The molecule has 0 radical (unpaired) electrons. The molecule has 1 aliphatic rings. The van der Waals surface area contributed by atoms with E-state index in [1.165, 1.54) is 5.56 Å². The van der Waals surface area contributed by atoms with E-state index in [1.807, 2.05) is 23.1 Å². The molecule has 1 fully saturated rings. The van der Waals surface area contributed by atoms with Gasteiger partial charge in [0.05, 0.1) is 6.04 Å². The zero-order valence-corrected chi connectivity index (χ0v) is 14.0. The molecule has 0 aromatic heterocycles. The molecule has 4 nitrogen and oxygen atoms in total. The number of amides is 1. The maximum absolute atomic E-state index is 12.9. The van der Waals surface area contributed by atoms with Crippen molar-refractivity contribution in [3.05, 3.63) is 35.9 Å². The minimum absolute atomic E-state index is 0.0169. The summed E-state index contributed by atoms with van der Waals surface area (Å²) in [7, 11) is 0. The first kappa shape index (κ1) is 17.0. The van der Waals surface area contributed by atoms with Crippen molar-refractivity contribution in [3.8, 4) is 0 Å². The minimum Gasteiger partial charge on any atom is -0.339 e. The Morgan fingerprint density at radius 3 is 2.41 bits per heavy atom. The van der Waals surface area contributed by atoms with Crippen LogP contribution in [-0.2, 0) is 4.79 Å². The Morgan fingerprint density at radius 1 is 1.23 bits per heavy atom. The zero-order chi connectivity index (χ0) is 16.1. The highest BCUT2D eigenvalue weighted by molar-refractivity contribution is 5.82. The molecule has 1 aliphatic heterocycles. The molecule has 1 aromatic carbocycles. The standard InChI is InChI=1S/C18H29N3O/c1-4-17(20(5-2)6-3)18(22)21-12-15(16(19)13-21)14-10-8-7-9-11-14/h7-11,15-17H,4-6,12-13,19H2,1-3H3/t15-,16+,17?/m0/s1. The number of carbonyl (C=O) groups excluding carboxylic acids is 1. The maximum atomic E-state index is 12.9. The summed E-state index contributed by atoms with van der Waals surface area (Å²) in [6.07, 6.45) is 0.849. The molecule has 2 N–H and O–H groups in total. The lowest BCUT2D eigenvalue weighted by molar-refractivity contribution is -0.136. The highest BCUT2D eigenvalue weighted by Gasteiger charge is 2.37. The van der Waals surface area contributed by atoms with Gasteiger partial charge in [0.15, 0.2) is 0 Å². The fraction of sp³-hybridized carbons (Fsp3) is 0.611. The fourth-order valence-electron chi connectivity index (χ4n) is 3.53. The Morgan fingerprint density at radius 2 is 1.86 bits per heavy atom. The number of hydrogen-bond acceptors (Lipinski definition) is 3.